The Morgan fingerprint density at radius 3 is 2.63 bits per heavy atom. The molecule has 5 nitrogen and oxygen atoms in total. The van der Waals surface area contributed by atoms with Crippen molar-refractivity contribution in [1.29, 1.82) is 0 Å². The smallest absolute Gasteiger partial charge is 0.278 e. The van der Waals surface area contributed by atoms with Gasteiger partial charge in [-0.3, -0.25) is 4.72 Å². The zero-order valence-corrected chi connectivity index (χ0v) is 12.6. The summed E-state index contributed by atoms with van der Waals surface area (Å²) in [4.78, 5) is 6.44. The summed E-state index contributed by atoms with van der Waals surface area (Å²) in [5.74, 6) is -0.0526. The average molecular weight is 348 g/mol. The highest BCUT2D eigenvalue weighted by atomic mass is 79.9. The number of imidazole rings is 1. The van der Waals surface area contributed by atoms with Gasteiger partial charge in [0.1, 0.15) is 11.6 Å². The van der Waals surface area contributed by atoms with Gasteiger partial charge in [-0.25, -0.2) is 9.37 Å². The summed E-state index contributed by atoms with van der Waals surface area (Å²) < 4.78 is 40.1. The van der Waals surface area contributed by atoms with E-state index in [4.69, 9.17) is 0 Å². The monoisotopic (exact) mass is 347 g/mol. The molecule has 1 heterocycles. The Labute approximate surface area is 118 Å². The van der Waals surface area contributed by atoms with Crippen molar-refractivity contribution in [2.24, 2.45) is 0 Å². The molecule has 0 fully saturated rings. The lowest BCUT2D eigenvalue weighted by Crippen LogP contribution is -2.14. The number of aromatic nitrogens is 2. The topological polar surface area (TPSA) is 74.8 Å². The van der Waals surface area contributed by atoms with Crippen LogP contribution < -0.4 is 4.72 Å². The van der Waals surface area contributed by atoms with E-state index in [0.29, 0.717) is 11.4 Å². The molecule has 0 unspecified atom stereocenters. The number of H-pyrrole nitrogens is 1. The largest absolute Gasteiger partial charge is 0.332 e. The predicted octanol–water partition coefficient (Wildman–Crippen LogP) is 2.73. The van der Waals surface area contributed by atoms with E-state index in [1.165, 1.54) is 12.3 Å². The Morgan fingerprint density at radius 1 is 1.37 bits per heavy atom. The number of aromatic amines is 1. The van der Waals surface area contributed by atoms with Crippen LogP contribution in [0.25, 0.3) is 0 Å². The van der Waals surface area contributed by atoms with E-state index in [0.717, 1.165) is 6.07 Å². The van der Waals surface area contributed by atoms with Crippen LogP contribution in [-0.4, -0.2) is 18.4 Å². The van der Waals surface area contributed by atoms with Gasteiger partial charge in [0.15, 0.2) is 5.03 Å². The van der Waals surface area contributed by atoms with Crippen LogP contribution in [0.1, 0.15) is 11.4 Å². The van der Waals surface area contributed by atoms with Crippen LogP contribution in [0.4, 0.5) is 10.1 Å². The Morgan fingerprint density at radius 2 is 2.05 bits per heavy atom. The number of anilines is 1. The van der Waals surface area contributed by atoms with Crippen molar-refractivity contribution in [3.8, 4) is 0 Å². The first-order chi connectivity index (χ1) is 8.79. The van der Waals surface area contributed by atoms with Gasteiger partial charge in [-0.05, 0) is 47.5 Å². The number of benzene rings is 1. The van der Waals surface area contributed by atoms with Gasteiger partial charge in [0.2, 0.25) is 0 Å². The molecule has 0 saturated carbocycles. The molecular weight excluding hydrogens is 337 g/mol. The molecule has 19 heavy (non-hydrogen) atoms. The standard InChI is InChI=1S/C11H11BrFN3O2S/c1-6-3-8(12)9(13)4-10(6)16-19(17,18)11-5-14-7(2)15-11/h3-5,16H,1-2H3,(H,14,15). The van der Waals surface area contributed by atoms with E-state index in [1.807, 2.05) is 0 Å². The molecule has 0 spiro atoms. The van der Waals surface area contributed by atoms with Crippen molar-refractivity contribution >= 4 is 31.6 Å². The van der Waals surface area contributed by atoms with Crippen molar-refractivity contribution in [3.63, 3.8) is 0 Å². The molecule has 102 valence electrons. The van der Waals surface area contributed by atoms with Crippen molar-refractivity contribution in [1.82, 2.24) is 9.97 Å². The van der Waals surface area contributed by atoms with E-state index in [2.05, 4.69) is 30.6 Å². The van der Waals surface area contributed by atoms with E-state index in [9.17, 15) is 12.8 Å². The molecule has 0 aliphatic heterocycles. The van der Waals surface area contributed by atoms with Gasteiger partial charge < -0.3 is 4.98 Å². The fourth-order valence-corrected chi connectivity index (χ4v) is 3.04. The fraction of sp³-hybridized carbons (Fsp3) is 0.182. The van der Waals surface area contributed by atoms with Crippen molar-refractivity contribution < 1.29 is 12.8 Å². The lowest BCUT2D eigenvalue weighted by Gasteiger charge is -2.10. The van der Waals surface area contributed by atoms with Crippen LogP contribution in [0.2, 0.25) is 0 Å². The van der Waals surface area contributed by atoms with Gasteiger partial charge in [-0.1, -0.05) is 0 Å². The van der Waals surface area contributed by atoms with Crippen LogP contribution >= 0.6 is 15.9 Å². The third-order valence-electron chi connectivity index (χ3n) is 2.48. The summed E-state index contributed by atoms with van der Waals surface area (Å²) in [5.41, 5.74) is 0.793. The normalized spacial score (nSPS) is 11.6. The van der Waals surface area contributed by atoms with Gasteiger partial charge in [0.25, 0.3) is 10.0 Å². The zero-order chi connectivity index (χ0) is 14.2. The number of hydrogen-bond donors (Lipinski definition) is 2. The van der Waals surface area contributed by atoms with E-state index in [1.54, 1.807) is 13.8 Å². The third-order valence-corrected chi connectivity index (χ3v) is 4.36. The summed E-state index contributed by atoms with van der Waals surface area (Å²) in [7, 11) is -3.79. The number of aryl methyl sites for hydroxylation is 2. The molecule has 0 aliphatic carbocycles. The maximum Gasteiger partial charge on any atom is 0.278 e. The fourth-order valence-electron chi connectivity index (χ4n) is 1.49. The molecule has 0 aliphatic rings. The molecule has 2 aromatic rings. The Bertz CT molecular complexity index is 728. The molecular formula is C11H11BrFN3O2S. The van der Waals surface area contributed by atoms with Crippen molar-refractivity contribution in [3.05, 3.63) is 40.0 Å². The first kappa shape index (κ1) is 14.0. The highest BCUT2D eigenvalue weighted by Crippen LogP contribution is 2.25. The van der Waals surface area contributed by atoms with Gasteiger partial charge >= 0.3 is 0 Å². The average Bonchev–Trinajstić information content (AvgIpc) is 2.73. The van der Waals surface area contributed by atoms with Gasteiger partial charge in [0, 0.05) is 0 Å². The minimum Gasteiger partial charge on any atom is -0.332 e. The third kappa shape index (κ3) is 2.95. The number of rotatable bonds is 3. The molecule has 0 bridgehead atoms. The van der Waals surface area contributed by atoms with Crippen molar-refractivity contribution in [2.75, 3.05) is 4.72 Å². The molecule has 1 aromatic carbocycles. The van der Waals surface area contributed by atoms with Crippen molar-refractivity contribution in [2.45, 2.75) is 18.9 Å². The van der Waals surface area contributed by atoms with Crippen LogP contribution in [0, 0.1) is 19.7 Å². The molecule has 8 heteroatoms. The van der Waals surface area contributed by atoms with Gasteiger partial charge in [-0.15, -0.1) is 0 Å². The van der Waals surface area contributed by atoms with Crippen LogP contribution in [-0.2, 0) is 10.0 Å². The molecule has 0 atom stereocenters. The van der Waals surface area contributed by atoms with E-state index in [-0.39, 0.29) is 15.2 Å². The molecule has 2 rings (SSSR count). The van der Waals surface area contributed by atoms with Gasteiger partial charge in [0.05, 0.1) is 16.4 Å². The SMILES string of the molecule is Cc1ncc(S(=O)(=O)Nc2cc(F)c(Br)cc2C)[nH]1. The highest BCUT2D eigenvalue weighted by Gasteiger charge is 2.18. The Hall–Kier alpha value is -1.41. The first-order valence-electron chi connectivity index (χ1n) is 5.29. The number of sulfonamides is 1. The molecule has 0 amide bonds. The zero-order valence-electron chi connectivity index (χ0n) is 10.2. The van der Waals surface area contributed by atoms with E-state index >= 15 is 0 Å². The second kappa shape index (κ2) is 4.93. The van der Waals surface area contributed by atoms with Crippen LogP contribution in [0.5, 0.6) is 0 Å². The predicted molar refractivity (Wildman–Crippen MR) is 73.0 cm³/mol. The molecule has 0 radical (unpaired) electrons. The number of hydrogen-bond acceptors (Lipinski definition) is 3. The lowest BCUT2D eigenvalue weighted by atomic mass is 10.2. The first-order valence-corrected chi connectivity index (χ1v) is 7.57. The highest BCUT2D eigenvalue weighted by molar-refractivity contribution is 9.10. The number of halogens is 2. The second-order valence-electron chi connectivity index (χ2n) is 4.02. The molecule has 2 N–H and O–H groups in total. The summed E-state index contributed by atoms with van der Waals surface area (Å²) in [6, 6.07) is 2.63. The second-order valence-corrected chi connectivity index (χ2v) is 6.52. The maximum atomic E-state index is 13.4. The summed E-state index contributed by atoms with van der Waals surface area (Å²) >= 11 is 3.04. The number of nitrogens with zero attached hydrogens (tertiary/aromatic N) is 1. The Kier molecular flexibility index (Phi) is 3.64. The lowest BCUT2D eigenvalue weighted by molar-refractivity contribution is 0.597. The maximum absolute atomic E-state index is 13.4. The molecule has 1 aromatic heterocycles. The summed E-state index contributed by atoms with van der Waals surface area (Å²) in [6.45, 7) is 3.32. The van der Waals surface area contributed by atoms with Crippen LogP contribution in [0.3, 0.4) is 0 Å². The van der Waals surface area contributed by atoms with Crippen LogP contribution in [0.15, 0.2) is 27.8 Å². The minimum atomic E-state index is -3.79. The Balaban J connectivity index is 2.38. The number of nitrogens with one attached hydrogen (secondary N) is 2. The van der Waals surface area contributed by atoms with Gasteiger partial charge in [-0.2, -0.15) is 8.42 Å². The minimum absolute atomic E-state index is 0.0623. The molecule has 0 saturated heterocycles. The van der Waals surface area contributed by atoms with E-state index < -0.39 is 15.8 Å². The summed E-state index contributed by atoms with van der Waals surface area (Å²) in [6.07, 6.45) is 1.21. The quantitative estimate of drug-likeness (QED) is 0.896. The summed E-state index contributed by atoms with van der Waals surface area (Å²) in [5, 5.41) is -0.0623.